The van der Waals surface area contributed by atoms with Gasteiger partial charge in [0.15, 0.2) is 0 Å². The molecular formula is C25H42O5Si. The van der Waals surface area contributed by atoms with Gasteiger partial charge in [-0.2, -0.15) is 0 Å². The third-order valence-electron chi connectivity index (χ3n) is 5.68. The van der Waals surface area contributed by atoms with Crippen molar-refractivity contribution in [1.82, 2.24) is 0 Å². The molecule has 5 nitrogen and oxygen atoms in total. The molecule has 0 bridgehead atoms. The molecule has 1 fully saturated rings. The van der Waals surface area contributed by atoms with Crippen molar-refractivity contribution in [3.63, 3.8) is 0 Å². The van der Waals surface area contributed by atoms with Crippen LogP contribution >= 0.6 is 0 Å². The Labute approximate surface area is 189 Å². The minimum Gasteiger partial charge on any atom is -0.481 e. The van der Waals surface area contributed by atoms with Crippen molar-refractivity contribution in [2.45, 2.75) is 102 Å². The van der Waals surface area contributed by atoms with Gasteiger partial charge in [0, 0.05) is 25.2 Å². The molecule has 0 aromatic carbocycles. The second-order valence-corrected chi connectivity index (χ2v) is 14.6. The van der Waals surface area contributed by atoms with E-state index in [1.807, 2.05) is 24.3 Å². The van der Waals surface area contributed by atoms with Crippen LogP contribution in [0, 0.1) is 23.3 Å². The number of aliphatic carboxylic acids is 1. The molecule has 31 heavy (non-hydrogen) atoms. The van der Waals surface area contributed by atoms with Gasteiger partial charge in [-0.25, -0.2) is 0 Å². The Morgan fingerprint density at radius 3 is 2.45 bits per heavy atom. The van der Waals surface area contributed by atoms with Crippen molar-refractivity contribution < 1.29 is 25.2 Å². The lowest BCUT2D eigenvalue weighted by Gasteiger charge is -2.23. The maximum atomic E-state index is 11.1. The zero-order valence-corrected chi connectivity index (χ0v) is 20.7. The van der Waals surface area contributed by atoms with E-state index in [-0.39, 0.29) is 18.3 Å². The van der Waals surface area contributed by atoms with Gasteiger partial charge in [0.05, 0.1) is 12.2 Å². The molecule has 6 heteroatoms. The van der Waals surface area contributed by atoms with Crippen LogP contribution in [-0.2, 0) is 4.79 Å². The van der Waals surface area contributed by atoms with Gasteiger partial charge in [-0.05, 0) is 38.0 Å². The zero-order valence-electron chi connectivity index (χ0n) is 19.7. The summed E-state index contributed by atoms with van der Waals surface area (Å²) in [7, 11) is -1.59. The maximum absolute atomic E-state index is 11.1. The van der Waals surface area contributed by atoms with Gasteiger partial charge in [-0.15, -0.1) is 5.54 Å². The number of allylic oxidation sites excluding steroid dienone is 2. The molecule has 1 aliphatic carbocycles. The van der Waals surface area contributed by atoms with Gasteiger partial charge in [0.25, 0.3) is 0 Å². The first kappa shape index (κ1) is 27.6. The largest absolute Gasteiger partial charge is 0.481 e. The second-order valence-electron chi connectivity index (χ2n) is 9.87. The molecule has 1 unspecified atom stereocenters. The van der Waals surface area contributed by atoms with E-state index >= 15 is 0 Å². The molecule has 0 radical (unpaired) electrons. The molecule has 1 aliphatic rings. The normalized spacial score (nSPS) is 26.2. The average molecular weight is 451 g/mol. The van der Waals surface area contributed by atoms with Gasteiger partial charge in [0.1, 0.15) is 13.7 Å². The average Bonchev–Trinajstić information content (AvgIpc) is 2.93. The zero-order chi connectivity index (χ0) is 23.5. The van der Waals surface area contributed by atoms with E-state index in [9.17, 15) is 20.1 Å². The van der Waals surface area contributed by atoms with Crippen molar-refractivity contribution in [2.24, 2.45) is 11.8 Å². The molecule has 4 N–H and O–H groups in total. The Kier molecular flexibility index (Phi) is 11.8. The van der Waals surface area contributed by atoms with Gasteiger partial charge < -0.3 is 20.4 Å². The number of carboxylic acid groups (broad SMARTS) is 1. The standard InChI is InChI=1S/C25H42O5Si/c1-5-6-15-25(30,17-18-31(2,3)4)16-11-13-21-20(22(26)19-23(21)27)12-9-7-8-10-14-24(28)29/h7,9,11,13,20-23,26-27,30H,5-6,8,10,12,14-16,19H2,1-4H3,(H,28,29)/t20-,21-,22+,23-,25?/m1/s1. The highest BCUT2D eigenvalue weighted by atomic mass is 28.3. The molecule has 0 aromatic heterocycles. The number of rotatable bonds is 12. The van der Waals surface area contributed by atoms with Crippen LogP contribution in [-0.4, -0.2) is 52.3 Å². The summed E-state index contributed by atoms with van der Waals surface area (Å²) in [5.74, 6) is 2.10. The Bertz CT molecular complexity index is 670. The Hall–Kier alpha value is -1.39. The molecule has 0 amide bonds. The number of carbonyl (C=O) groups is 1. The molecular weight excluding hydrogens is 408 g/mol. The summed E-state index contributed by atoms with van der Waals surface area (Å²) in [6.45, 7) is 8.57. The van der Waals surface area contributed by atoms with Crippen molar-refractivity contribution in [3.05, 3.63) is 24.3 Å². The highest BCUT2D eigenvalue weighted by Gasteiger charge is 2.39. The fraction of sp³-hybridized carbons (Fsp3) is 0.720. The monoisotopic (exact) mass is 450 g/mol. The van der Waals surface area contributed by atoms with E-state index in [0.29, 0.717) is 38.5 Å². The molecule has 5 atom stereocenters. The summed E-state index contributed by atoms with van der Waals surface area (Å²) in [6.07, 6.45) is 12.0. The lowest BCUT2D eigenvalue weighted by molar-refractivity contribution is -0.137. The molecule has 0 aromatic rings. The summed E-state index contributed by atoms with van der Waals surface area (Å²) in [5, 5.41) is 40.6. The van der Waals surface area contributed by atoms with E-state index in [2.05, 4.69) is 38.0 Å². The summed E-state index contributed by atoms with van der Waals surface area (Å²) < 4.78 is 0. The number of unbranched alkanes of at least 4 members (excludes halogenated alkanes) is 2. The van der Waals surface area contributed by atoms with E-state index in [4.69, 9.17) is 5.11 Å². The summed E-state index contributed by atoms with van der Waals surface area (Å²) in [6, 6.07) is 0. The fourth-order valence-electron chi connectivity index (χ4n) is 3.86. The van der Waals surface area contributed by atoms with E-state index in [0.717, 1.165) is 12.8 Å². The minimum absolute atomic E-state index is 0.0845. The Morgan fingerprint density at radius 2 is 1.84 bits per heavy atom. The molecule has 1 saturated carbocycles. The van der Waals surface area contributed by atoms with E-state index in [1.54, 1.807) is 0 Å². The van der Waals surface area contributed by atoms with Crippen LogP contribution in [0.2, 0.25) is 19.6 Å². The SMILES string of the molecule is CCCCC(O)(C#C[Si](C)(C)C)CC=C[C@@H]1[C@@H](CC=CCCCC(=O)O)[C@@H](O)C[C@H]1O. The first-order chi connectivity index (χ1) is 14.5. The number of carboxylic acids is 1. The topological polar surface area (TPSA) is 98.0 Å². The third kappa shape index (κ3) is 11.2. The first-order valence-corrected chi connectivity index (χ1v) is 15.1. The number of aliphatic hydroxyl groups excluding tert-OH is 2. The second kappa shape index (κ2) is 13.2. The quantitative estimate of drug-likeness (QED) is 0.154. The highest BCUT2D eigenvalue weighted by molar-refractivity contribution is 6.83. The number of hydrogen-bond acceptors (Lipinski definition) is 4. The molecule has 0 aliphatic heterocycles. The smallest absolute Gasteiger partial charge is 0.303 e. The van der Waals surface area contributed by atoms with Gasteiger partial charge in [0.2, 0.25) is 0 Å². The van der Waals surface area contributed by atoms with Crippen molar-refractivity contribution in [2.75, 3.05) is 0 Å². The Morgan fingerprint density at radius 1 is 1.13 bits per heavy atom. The molecule has 0 saturated heterocycles. The lowest BCUT2D eigenvalue weighted by atomic mass is 9.88. The van der Waals surface area contributed by atoms with Gasteiger partial charge in [-0.1, -0.05) is 63.2 Å². The highest BCUT2D eigenvalue weighted by Crippen LogP contribution is 2.36. The van der Waals surface area contributed by atoms with Crippen LogP contribution in [0.4, 0.5) is 0 Å². The van der Waals surface area contributed by atoms with Crippen LogP contribution in [0.25, 0.3) is 0 Å². The summed E-state index contributed by atoms with van der Waals surface area (Å²) in [5.41, 5.74) is 2.25. The predicted octanol–water partition coefficient (Wildman–Crippen LogP) is 4.29. The third-order valence-corrected chi connectivity index (χ3v) is 6.56. The van der Waals surface area contributed by atoms with Gasteiger partial charge in [-0.3, -0.25) is 4.79 Å². The maximum Gasteiger partial charge on any atom is 0.303 e. The van der Waals surface area contributed by atoms with Crippen LogP contribution in [0.3, 0.4) is 0 Å². The number of aliphatic hydroxyl groups is 3. The van der Waals surface area contributed by atoms with Crippen LogP contribution in [0.15, 0.2) is 24.3 Å². The minimum atomic E-state index is -1.59. The Balaban J connectivity index is 2.76. The summed E-state index contributed by atoms with van der Waals surface area (Å²) >= 11 is 0. The first-order valence-electron chi connectivity index (χ1n) is 11.6. The van der Waals surface area contributed by atoms with Crippen LogP contribution in [0.1, 0.15) is 64.7 Å². The number of hydrogen-bond donors (Lipinski definition) is 4. The van der Waals surface area contributed by atoms with E-state index < -0.39 is 31.9 Å². The van der Waals surface area contributed by atoms with Crippen LogP contribution < -0.4 is 0 Å². The van der Waals surface area contributed by atoms with Gasteiger partial charge >= 0.3 is 5.97 Å². The predicted molar refractivity (Wildman–Crippen MR) is 128 cm³/mol. The van der Waals surface area contributed by atoms with Crippen molar-refractivity contribution in [1.29, 1.82) is 0 Å². The lowest BCUT2D eigenvalue weighted by Crippen LogP contribution is -2.28. The van der Waals surface area contributed by atoms with Crippen LogP contribution in [0.5, 0.6) is 0 Å². The molecule has 0 heterocycles. The molecule has 1 rings (SSSR count). The summed E-state index contributed by atoms with van der Waals surface area (Å²) in [4.78, 5) is 10.6. The van der Waals surface area contributed by atoms with Crippen molar-refractivity contribution >= 4 is 14.0 Å². The fourth-order valence-corrected chi connectivity index (χ4v) is 4.47. The molecule has 176 valence electrons. The van der Waals surface area contributed by atoms with Crippen molar-refractivity contribution in [3.8, 4) is 11.5 Å². The molecule has 0 spiro atoms. The van der Waals surface area contributed by atoms with E-state index in [1.165, 1.54) is 0 Å².